The third-order valence-electron chi connectivity index (χ3n) is 5.12. The van der Waals surface area contributed by atoms with Gasteiger partial charge in [0.1, 0.15) is 5.60 Å². The Bertz CT molecular complexity index is 732. The average Bonchev–Trinajstić information content (AvgIpc) is 2.97. The largest absolute Gasteiger partial charge is 0.495 e. The minimum absolute atomic E-state index is 0.231. The minimum atomic E-state index is -0.351. The molecule has 0 unspecified atom stereocenters. The van der Waals surface area contributed by atoms with Crippen LogP contribution in [-0.4, -0.2) is 35.8 Å². The first kappa shape index (κ1) is 20.4. The van der Waals surface area contributed by atoms with Gasteiger partial charge in [0, 0.05) is 6.42 Å². The lowest BCUT2D eigenvalue weighted by molar-refractivity contribution is -0.191. The summed E-state index contributed by atoms with van der Waals surface area (Å²) in [6, 6.07) is 6.32. The van der Waals surface area contributed by atoms with Gasteiger partial charge >= 0.3 is 13.3 Å². The highest BCUT2D eigenvalue weighted by Crippen LogP contribution is 2.37. The Morgan fingerprint density at radius 1 is 1.04 bits per heavy atom. The Morgan fingerprint density at radius 3 is 2.04 bits per heavy atom. The van der Waals surface area contributed by atoms with Gasteiger partial charge in [-0.15, -0.1) is 0 Å². The molecule has 3 rings (SSSR count). The maximum atomic E-state index is 8.12. The normalized spacial score (nSPS) is 22.0. The van der Waals surface area contributed by atoms with Crippen LogP contribution in [0.3, 0.4) is 0 Å². The molecule has 0 N–H and O–H groups in total. The molecule has 2 heterocycles. The molecule has 6 nitrogen and oxygen atoms in total. The summed E-state index contributed by atoms with van der Waals surface area (Å²) < 4.78 is 12.4. The summed E-state index contributed by atoms with van der Waals surface area (Å²) in [4.78, 5) is 21.7. The fourth-order valence-electron chi connectivity index (χ4n) is 2.85. The summed E-state index contributed by atoms with van der Waals surface area (Å²) in [5.41, 5.74) is 3.37. The zero-order valence-electron chi connectivity index (χ0n) is 16.5. The molecule has 2 aliphatic heterocycles. The number of nitrogens with zero attached hydrogens (tertiary/aromatic N) is 1. The van der Waals surface area contributed by atoms with Crippen molar-refractivity contribution in [3.63, 3.8) is 0 Å². The van der Waals surface area contributed by atoms with Crippen molar-refractivity contribution in [3.8, 4) is 0 Å². The Balaban J connectivity index is 0.000000758. The Kier molecular flexibility index (Phi) is 5.48. The van der Waals surface area contributed by atoms with E-state index in [0.29, 0.717) is 0 Å². The van der Waals surface area contributed by atoms with E-state index < -0.39 is 0 Å². The molecule has 1 saturated heterocycles. The molecule has 2 aliphatic rings. The Morgan fingerprint density at radius 2 is 1.58 bits per heavy atom. The van der Waals surface area contributed by atoms with Gasteiger partial charge in [-0.25, -0.2) is 0 Å². The molecule has 26 heavy (non-hydrogen) atoms. The summed E-state index contributed by atoms with van der Waals surface area (Å²) in [5.74, 6) is 0. The fraction of sp³-hybridized carbons (Fsp3) is 0.579. The molecule has 0 radical (unpaired) electrons. The number of aryl methyl sites for hydroxylation is 1. The van der Waals surface area contributed by atoms with E-state index >= 15 is 0 Å². The van der Waals surface area contributed by atoms with Crippen LogP contribution in [0.25, 0.3) is 0 Å². The molecule has 0 atom stereocenters. The second kappa shape index (κ2) is 6.99. The van der Waals surface area contributed by atoms with Crippen molar-refractivity contribution in [1.82, 2.24) is 0 Å². The molecule has 7 heteroatoms. The van der Waals surface area contributed by atoms with Gasteiger partial charge in [-0.3, -0.25) is 0 Å². The molecule has 0 saturated carbocycles. The van der Waals surface area contributed by atoms with Crippen LogP contribution in [0.15, 0.2) is 23.4 Å². The van der Waals surface area contributed by atoms with Crippen LogP contribution in [0.1, 0.15) is 59.1 Å². The monoisotopic (exact) mass is 359 g/mol. The standard InChI is InChI=1S/C18H26BNO3.CO2/c1-12-8-9-13(15-11-16(2,3)23-20-15)10-14(12)19-21-17(4,5)18(6,7)22-19;2-1-3/h8-10H,11H2,1-7H3;. The molecule has 0 amide bonds. The lowest BCUT2D eigenvalue weighted by atomic mass is 9.75. The van der Waals surface area contributed by atoms with Gasteiger partial charge in [0.05, 0.1) is 16.9 Å². The van der Waals surface area contributed by atoms with E-state index in [9.17, 15) is 0 Å². The number of hydrogen-bond donors (Lipinski definition) is 0. The molecule has 140 valence electrons. The van der Waals surface area contributed by atoms with Crippen molar-refractivity contribution in [3.05, 3.63) is 29.3 Å². The Labute approximate surface area is 155 Å². The van der Waals surface area contributed by atoms with E-state index in [0.717, 1.165) is 28.7 Å². The Hall–Kier alpha value is -1.95. The summed E-state index contributed by atoms with van der Waals surface area (Å²) in [6.07, 6.45) is 1.05. The van der Waals surface area contributed by atoms with Gasteiger partial charge in [-0.1, -0.05) is 28.9 Å². The highest BCUT2D eigenvalue weighted by molar-refractivity contribution is 6.62. The van der Waals surface area contributed by atoms with Crippen molar-refractivity contribution in [2.45, 2.75) is 71.7 Å². The average molecular weight is 359 g/mol. The van der Waals surface area contributed by atoms with E-state index in [2.05, 4.69) is 58.0 Å². The molecular weight excluding hydrogens is 333 g/mol. The molecule has 0 spiro atoms. The summed E-state index contributed by atoms with van der Waals surface area (Å²) in [6.45, 7) is 14.5. The molecule has 1 aromatic rings. The zero-order chi connectivity index (χ0) is 19.8. The lowest BCUT2D eigenvalue weighted by Gasteiger charge is -2.32. The van der Waals surface area contributed by atoms with Crippen molar-refractivity contribution >= 4 is 24.4 Å². The summed E-state index contributed by atoms with van der Waals surface area (Å²) in [5, 5.41) is 4.25. The van der Waals surface area contributed by atoms with Crippen molar-refractivity contribution in [1.29, 1.82) is 0 Å². The minimum Gasteiger partial charge on any atom is -0.399 e. The first-order chi connectivity index (χ1) is 11.9. The van der Waals surface area contributed by atoms with Gasteiger partial charge in [0.2, 0.25) is 0 Å². The highest BCUT2D eigenvalue weighted by Gasteiger charge is 2.52. The van der Waals surface area contributed by atoms with Crippen molar-refractivity contribution in [2.24, 2.45) is 5.16 Å². The number of carbonyl (C=O) groups excluding carboxylic acids is 2. The van der Waals surface area contributed by atoms with Gasteiger partial charge in [-0.2, -0.15) is 9.59 Å². The number of hydrogen-bond acceptors (Lipinski definition) is 6. The number of oxime groups is 1. The van der Waals surface area contributed by atoms with E-state index in [-0.39, 0.29) is 30.1 Å². The third-order valence-corrected chi connectivity index (χ3v) is 5.12. The second-order valence-corrected chi connectivity index (χ2v) is 8.31. The second-order valence-electron chi connectivity index (χ2n) is 8.31. The lowest BCUT2D eigenvalue weighted by Crippen LogP contribution is -2.41. The number of benzene rings is 1. The van der Waals surface area contributed by atoms with E-state index in [1.807, 2.05) is 13.8 Å². The van der Waals surface area contributed by atoms with Crippen LogP contribution in [0.2, 0.25) is 0 Å². The first-order valence-corrected chi connectivity index (χ1v) is 8.63. The quantitative estimate of drug-likeness (QED) is 0.759. The SMILES string of the molecule is Cc1ccc(C2=NOC(C)(C)C2)cc1B1OC(C)(C)C(C)(C)O1.O=C=O. The van der Waals surface area contributed by atoms with Gasteiger partial charge in [-0.05, 0) is 59.5 Å². The third kappa shape index (κ3) is 4.06. The van der Waals surface area contributed by atoms with Gasteiger partial charge < -0.3 is 14.1 Å². The van der Waals surface area contributed by atoms with Crippen LogP contribution >= 0.6 is 0 Å². The molecule has 0 bridgehead atoms. The smallest absolute Gasteiger partial charge is 0.399 e. The summed E-state index contributed by atoms with van der Waals surface area (Å²) in [7, 11) is -0.351. The van der Waals surface area contributed by atoms with Gasteiger partial charge in [0.15, 0.2) is 0 Å². The maximum absolute atomic E-state index is 8.12. The van der Waals surface area contributed by atoms with E-state index in [4.69, 9.17) is 23.7 Å². The van der Waals surface area contributed by atoms with Crippen LogP contribution < -0.4 is 5.46 Å². The molecule has 0 aromatic heterocycles. The molecular formula is C19H26BNO5. The van der Waals surface area contributed by atoms with E-state index in [1.54, 1.807) is 0 Å². The van der Waals surface area contributed by atoms with Crippen LogP contribution in [0, 0.1) is 6.92 Å². The van der Waals surface area contributed by atoms with Crippen LogP contribution in [-0.2, 0) is 23.7 Å². The van der Waals surface area contributed by atoms with Gasteiger partial charge in [0.25, 0.3) is 0 Å². The van der Waals surface area contributed by atoms with Crippen molar-refractivity contribution < 1.29 is 23.7 Å². The highest BCUT2D eigenvalue weighted by atomic mass is 16.7. The zero-order valence-corrected chi connectivity index (χ0v) is 16.5. The fourth-order valence-corrected chi connectivity index (χ4v) is 2.85. The maximum Gasteiger partial charge on any atom is 0.495 e. The first-order valence-electron chi connectivity index (χ1n) is 8.63. The van der Waals surface area contributed by atoms with Crippen LogP contribution in [0.5, 0.6) is 0 Å². The predicted octanol–water partition coefficient (Wildman–Crippen LogP) is 2.61. The van der Waals surface area contributed by atoms with E-state index in [1.165, 1.54) is 0 Å². The van der Waals surface area contributed by atoms with Crippen molar-refractivity contribution in [2.75, 3.05) is 0 Å². The molecule has 1 aromatic carbocycles. The van der Waals surface area contributed by atoms with Crippen LogP contribution in [0.4, 0.5) is 0 Å². The molecule has 0 aliphatic carbocycles. The number of rotatable bonds is 2. The topological polar surface area (TPSA) is 74.2 Å². The predicted molar refractivity (Wildman–Crippen MR) is 98.2 cm³/mol. The summed E-state index contributed by atoms with van der Waals surface area (Å²) >= 11 is 0. The molecule has 1 fully saturated rings.